The number of aryl methyl sites for hydroxylation is 1. The molecule has 1 N–H and O–H groups in total. The van der Waals surface area contributed by atoms with E-state index in [0.717, 1.165) is 15.4 Å². The summed E-state index contributed by atoms with van der Waals surface area (Å²) >= 11 is 6.29. The van der Waals surface area contributed by atoms with E-state index in [1.807, 2.05) is 52.0 Å². The Bertz CT molecular complexity index is 1450. The van der Waals surface area contributed by atoms with Crippen LogP contribution in [0.5, 0.6) is 5.75 Å². The number of halogens is 1. The molecule has 41 heavy (non-hydrogen) atoms. The third-order valence-electron chi connectivity index (χ3n) is 6.69. The minimum atomic E-state index is -4.24. The zero-order valence-corrected chi connectivity index (χ0v) is 25.7. The third kappa shape index (κ3) is 8.01. The number of nitrogens with one attached hydrogen (secondary N) is 1. The standard InChI is InChI=1S/C31H38ClN3O5S/c1-6-27(31(37)33-19-22(2)3)34(20-24-13-11-10-12-23(24)4)30(36)21-35(28-18-25(32)16-17-29(28)40-5)41(38,39)26-14-8-7-9-15-26/h7-18,22,27H,6,19-21H2,1-5H3,(H,33,37)/t27-/m1/s1. The van der Waals surface area contributed by atoms with E-state index in [2.05, 4.69) is 5.32 Å². The van der Waals surface area contributed by atoms with E-state index >= 15 is 0 Å². The lowest BCUT2D eigenvalue weighted by atomic mass is 10.1. The van der Waals surface area contributed by atoms with Crippen molar-refractivity contribution in [2.45, 2.75) is 51.6 Å². The molecule has 3 rings (SSSR count). The van der Waals surface area contributed by atoms with Crippen molar-refractivity contribution in [2.24, 2.45) is 5.92 Å². The average molecular weight is 600 g/mol. The van der Waals surface area contributed by atoms with Gasteiger partial charge in [0, 0.05) is 18.1 Å². The van der Waals surface area contributed by atoms with Gasteiger partial charge < -0.3 is 15.0 Å². The predicted octanol–water partition coefficient (Wildman–Crippen LogP) is 5.43. The minimum Gasteiger partial charge on any atom is -0.495 e. The number of ether oxygens (including phenoxy) is 1. The van der Waals surface area contributed by atoms with Crippen molar-refractivity contribution < 1.29 is 22.7 Å². The second-order valence-corrected chi connectivity index (χ2v) is 12.5. The number of nitrogens with zero attached hydrogens (tertiary/aromatic N) is 2. The highest BCUT2D eigenvalue weighted by molar-refractivity contribution is 7.92. The summed E-state index contributed by atoms with van der Waals surface area (Å²) in [6.45, 7) is 7.75. The normalized spacial score (nSPS) is 12.1. The fraction of sp³-hybridized carbons (Fsp3) is 0.355. The first kappa shape index (κ1) is 32.0. The highest BCUT2D eigenvalue weighted by Crippen LogP contribution is 2.35. The molecule has 0 bridgehead atoms. The van der Waals surface area contributed by atoms with Crippen molar-refractivity contribution in [3.63, 3.8) is 0 Å². The lowest BCUT2D eigenvalue weighted by molar-refractivity contribution is -0.140. The van der Waals surface area contributed by atoms with Crippen LogP contribution in [0, 0.1) is 12.8 Å². The van der Waals surface area contributed by atoms with Gasteiger partial charge in [0.15, 0.2) is 0 Å². The molecular formula is C31H38ClN3O5S. The van der Waals surface area contributed by atoms with Gasteiger partial charge in [-0.3, -0.25) is 13.9 Å². The summed E-state index contributed by atoms with van der Waals surface area (Å²) < 4.78 is 34.5. The molecule has 0 fully saturated rings. The predicted molar refractivity (Wildman–Crippen MR) is 163 cm³/mol. The van der Waals surface area contributed by atoms with Gasteiger partial charge in [0.25, 0.3) is 10.0 Å². The van der Waals surface area contributed by atoms with Crippen LogP contribution < -0.4 is 14.4 Å². The summed E-state index contributed by atoms with van der Waals surface area (Å²) in [4.78, 5) is 29.0. The van der Waals surface area contributed by atoms with Crippen LogP contribution in [0.25, 0.3) is 0 Å². The Balaban J connectivity index is 2.11. The van der Waals surface area contributed by atoms with Gasteiger partial charge in [-0.25, -0.2) is 8.42 Å². The topological polar surface area (TPSA) is 96.0 Å². The summed E-state index contributed by atoms with van der Waals surface area (Å²) in [7, 11) is -2.83. The molecule has 0 saturated carbocycles. The van der Waals surface area contributed by atoms with Crippen molar-refractivity contribution in [2.75, 3.05) is 24.5 Å². The van der Waals surface area contributed by atoms with Gasteiger partial charge in [0.05, 0.1) is 17.7 Å². The molecule has 0 aliphatic carbocycles. The van der Waals surface area contributed by atoms with Crippen LogP contribution >= 0.6 is 11.6 Å². The molecule has 0 aliphatic rings. The minimum absolute atomic E-state index is 0.00185. The summed E-state index contributed by atoms with van der Waals surface area (Å²) in [6.07, 6.45) is 0.341. The molecule has 0 aromatic heterocycles. The van der Waals surface area contributed by atoms with E-state index in [-0.39, 0.29) is 39.7 Å². The van der Waals surface area contributed by atoms with Crippen LogP contribution in [0.2, 0.25) is 5.02 Å². The van der Waals surface area contributed by atoms with Crippen molar-refractivity contribution in [3.8, 4) is 5.75 Å². The Morgan fingerprint density at radius 1 is 1.00 bits per heavy atom. The van der Waals surface area contributed by atoms with E-state index in [1.54, 1.807) is 30.3 Å². The highest BCUT2D eigenvalue weighted by atomic mass is 35.5. The first-order chi connectivity index (χ1) is 19.5. The monoisotopic (exact) mass is 599 g/mol. The molecule has 220 valence electrons. The van der Waals surface area contributed by atoms with E-state index in [0.29, 0.717) is 13.0 Å². The zero-order chi connectivity index (χ0) is 30.2. The number of methoxy groups -OCH3 is 1. The molecule has 1 atom stereocenters. The molecule has 0 unspecified atom stereocenters. The van der Waals surface area contributed by atoms with Crippen LogP contribution in [0.4, 0.5) is 5.69 Å². The van der Waals surface area contributed by atoms with E-state index in [1.165, 1.54) is 30.2 Å². The second kappa shape index (κ2) is 14.4. The maximum Gasteiger partial charge on any atom is 0.264 e. The number of hydrogen-bond acceptors (Lipinski definition) is 5. The summed E-state index contributed by atoms with van der Waals surface area (Å²) in [5, 5.41) is 3.21. The van der Waals surface area contributed by atoms with E-state index < -0.39 is 28.5 Å². The molecule has 0 aliphatic heterocycles. The van der Waals surface area contributed by atoms with Crippen molar-refractivity contribution >= 4 is 39.1 Å². The first-order valence-corrected chi connectivity index (χ1v) is 15.3. The molecule has 10 heteroatoms. The molecule has 0 heterocycles. The molecule has 0 radical (unpaired) electrons. The molecule has 2 amide bonds. The van der Waals surface area contributed by atoms with Gasteiger partial charge in [-0.05, 0) is 60.7 Å². The molecule has 3 aromatic rings. The fourth-order valence-electron chi connectivity index (χ4n) is 4.40. The largest absolute Gasteiger partial charge is 0.495 e. The van der Waals surface area contributed by atoms with Gasteiger partial charge in [0.2, 0.25) is 11.8 Å². The van der Waals surface area contributed by atoms with Crippen molar-refractivity contribution in [1.29, 1.82) is 0 Å². The number of anilines is 1. The fourth-order valence-corrected chi connectivity index (χ4v) is 6.01. The van der Waals surface area contributed by atoms with Crippen LogP contribution in [-0.4, -0.2) is 51.4 Å². The Hall–Kier alpha value is -3.56. The van der Waals surface area contributed by atoms with Gasteiger partial charge in [-0.2, -0.15) is 0 Å². The Morgan fingerprint density at radius 2 is 1.66 bits per heavy atom. The Labute approximate surface area is 248 Å². The molecule has 8 nitrogen and oxygen atoms in total. The SMILES string of the molecule is CC[C@H](C(=O)NCC(C)C)N(Cc1ccccc1C)C(=O)CN(c1cc(Cl)ccc1OC)S(=O)(=O)c1ccccc1. The van der Waals surface area contributed by atoms with Gasteiger partial charge in [-0.1, -0.05) is 74.8 Å². The van der Waals surface area contributed by atoms with Crippen LogP contribution in [0.15, 0.2) is 77.7 Å². The number of carbonyl (C=O) groups is 2. The zero-order valence-electron chi connectivity index (χ0n) is 24.1. The molecule has 3 aromatic carbocycles. The van der Waals surface area contributed by atoms with Crippen LogP contribution in [-0.2, 0) is 26.2 Å². The molecule has 0 saturated heterocycles. The quantitative estimate of drug-likeness (QED) is 0.283. The van der Waals surface area contributed by atoms with E-state index in [4.69, 9.17) is 16.3 Å². The number of amides is 2. The highest BCUT2D eigenvalue weighted by Gasteiger charge is 2.35. The van der Waals surface area contributed by atoms with Crippen LogP contribution in [0.1, 0.15) is 38.3 Å². The Morgan fingerprint density at radius 3 is 2.27 bits per heavy atom. The summed E-state index contributed by atoms with van der Waals surface area (Å²) in [6, 6.07) is 19.2. The van der Waals surface area contributed by atoms with Gasteiger partial charge in [-0.15, -0.1) is 0 Å². The smallest absolute Gasteiger partial charge is 0.264 e. The lowest BCUT2D eigenvalue weighted by Gasteiger charge is -2.34. The lowest BCUT2D eigenvalue weighted by Crippen LogP contribution is -2.52. The number of rotatable bonds is 13. The third-order valence-corrected chi connectivity index (χ3v) is 8.70. The molecule has 0 spiro atoms. The maximum atomic E-state index is 14.2. The summed E-state index contributed by atoms with van der Waals surface area (Å²) in [5.74, 6) is -0.380. The van der Waals surface area contributed by atoms with E-state index in [9.17, 15) is 18.0 Å². The number of sulfonamides is 1. The maximum absolute atomic E-state index is 14.2. The van der Waals surface area contributed by atoms with Crippen LogP contribution in [0.3, 0.4) is 0 Å². The average Bonchev–Trinajstić information content (AvgIpc) is 2.95. The van der Waals surface area contributed by atoms with Crippen molar-refractivity contribution in [3.05, 3.63) is 88.9 Å². The van der Waals surface area contributed by atoms with Crippen molar-refractivity contribution in [1.82, 2.24) is 10.2 Å². The number of carbonyl (C=O) groups excluding carboxylic acids is 2. The number of hydrogen-bond donors (Lipinski definition) is 1. The molecular weight excluding hydrogens is 562 g/mol. The number of benzene rings is 3. The Kier molecular flexibility index (Phi) is 11.2. The second-order valence-electron chi connectivity index (χ2n) is 10.2. The van der Waals surface area contributed by atoms with Gasteiger partial charge in [0.1, 0.15) is 18.3 Å². The van der Waals surface area contributed by atoms with Gasteiger partial charge >= 0.3 is 0 Å². The summed E-state index contributed by atoms with van der Waals surface area (Å²) in [5.41, 5.74) is 1.92. The first-order valence-electron chi connectivity index (χ1n) is 13.5.